The summed E-state index contributed by atoms with van der Waals surface area (Å²) in [6.07, 6.45) is 4.90. The van der Waals surface area contributed by atoms with E-state index in [1.807, 2.05) is 32.9 Å². The highest BCUT2D eigenvalue weighted by molar-refractivity contribution is 5.76. The van der Waals surface area contributed by atoms with Gasteiger partial charge in [-0.15, -0.1) is 0 Å². The molecule has 0 bridgehead atoms. The van der Waals surface area contributed by atoms with Crippen LogP contribution >= 0.6 is 0 Å². The maximum Gasteiger partial charge on any atom is 0.410 e. The highest BCUT2D eigenvalue weighted by Crippen LogP contribution is 2.20. The second-order valence-electron chi connectivity index (χ2n) is 5.18. The number of ether oxygens (including phenoxy) is 1. The monoisotopic (exact) mass is 247 g/mol. The minimum atomic E-state index is -0.464. The third-order valence-electron chi connectivity index (χ3n) is 2.48. The minimum Gasteiger partial charge on any atom is -0.444 e. The molecule has 0 radical (unpaired) electrons. The van der Waals surface area contributed by atoms with Gasteiger partial charge in [-0.25, -0.2) is 14.8 Å². The van der Waals surface area contributed by atoms with Crippen molar-refractivity contribution in [2.24, 2.45) is 0 Å². The van der Waals surface area contributed by atoms with Crippen LogP contribution in [0.5, 0.6) is 0 Å². The Morgan fingerprint density at radius 2 is 2.22 bits per heavy atom. The fourth-order valence-corrected chi connectivity index (χ4v) is 1.69. The minimum absolute atomic E-state index is 0.289. The molecule has 0 aromatic carbocycles. The first-order chi connectivity index (χ1) is 8.46. The Morgan fingerprint density at radius 1 is 1.44 bits per heavy atom. The largest absolute Gasteiger partial charge is 0.444 e. The molecule has 1 aliphatic heterocycles. The zero-order valence-electron chi connectivity index (χ0n) is 10.9. The zero-order valence-corrected chi connectivity index (χ0v) is 10.9. The van der Waals surface area contributed by atoms with Crippen molar-refractivity contribution in [1.29, 1.82) is 0 Å². The first-order valence-electron chi connectivity index (χ1n) is 5.89. The van der Waals surface area contributed by atoms with E-state index in [9.17, 15) is 4.79 Å². The molecule has 0 fully saturated rings. The van der Waals surface area contributed by atoms with Crippen LogP contribution in [0.2, 0.25) is 0 Å². The molecule has 0 unspecified atom stereocenters. The van der Waals surface area contributed by atoms with Crippen LogP contribution in [-0.4, -0.2) is 39.7 Å². The van der Waals surface area contributed by atoms with Crippen molar-refractivity contribution >= 4 is 11.7 Å². The van der Waals surface area contributed by atoms with Crippen molar-refractivity contribution in [3.8, 4) is 0 Å². The van der Waals surface area contributed by atoms with E-state index in [1.165, 1.54) is 6.33 Å². The molecule has 5 heteroatoms. The molecule has 18 heavy (non-hydrogen) atoms. The van der Waals surface area contributed by atoms with Gasteiger partial charge < -0.3 is 9.64 Å². The number of carbonyl (C=O) groups is 1. The van der Waals surface area contributed by atoms with E-state index < -0.39 is 5.60 Å². The normalized spacial score (nSPS) is 15.5. The molecule has 2 heterocycles. The van der Waals surface area contributed by atoms with Gasteiger partial charge in [-0.05, 0) is 32.4 Å². The molecule has 0 atom stereocenters. The van der Waals surface area contributed by atoms with Crippen LogP contribution in [0.3, 0.4) is 0 Å². The second kappa shape index (κ2) is 4.76. The predicted molar refractivity (Wildman–Crippen MR) is 67.8 cm³/mol. The van der Waals surface area contributed by atoms with Gasteiger partial charge in [-0.3, -0.25) is 0 Å². The van der Waals surface area contributed by atoms with Gasteiger partial charge >= 0.3 is 6.09 Å². The molecule has 1 amide bonds. The van der Waals surface area contributed by atoms with Crippen LogP contribution in [0.1, 0.15) is 26.5 Å². The third-order valence-corrected chi connectivity index (χ3v) is 2.48. The topological polar surface area (TPSA) is 55.3 Å². The Bertz CT molecular complexity index is 463. The van der Waals surface area contributed by atoms with Gasteiger partial charge in [0.05, 0.1) is 12.2 Å². The number of carbonyl (C=O) groups excluding carboxylic acids is 1. The first-order valence-corrected chi connectivity index (χ1v) is 5.89. The van der Waals surface area contributed by atoms with Crippen LogP contribution in [0.15, 0.2) is 24.7 Å². The number of nitrogens with zero attached hydrogens (tertiary/aromatic N) is 3. The van der Waals surface area contributed by atoms with Crippen LogP contribution in [0.25, 0.3) is 5.57 Å². The Hall–Kier alpha value is -1.91. The lowest BCUT2D eigenvalue weighted by atomic mass is 10.2. The Kier molecular flexibility index (Phi) is 3.32. The van der Waals surface area contributed by atoms with Crippen molar-refractivity contribution in [2.45, 2.75) is 26.4 Å². The summed E-state index contributed by atoms with van der Waals surface area (Å²) in [6.45, 7) is 6.68. The summed E-state index contributed by atoms with van der Waals surface area (Å²) < 4.78 is 5.33. The van der Waals surface area contributed by atoms with E-state index in [2.05, 4.69) is 9.97 Å². The molecular formula is C13H17N3O2. The third kappa shape index (κ3) is 3.06. The number of hydrogen-bond donors (Lipinski definition) is 0. The fourth-order valence-electron chi connectivity index (χ4n) is 1.69. The first kappa shape index (κ1) is 12.5. The molecule has 0 spiro atoms. The van der Waals surface area contributed by atoms with E-state index in [0.717, 1.165) is 11.3 Å². The quantitative estimate of drug-likeness (QED) is 0.762. The molecule has 0 N–H and O–H groups in total. The molecule has 0 aliphatic carbocycles. The summed E-state index contributed by atoms with van der Waals surface area (Å²) in [7, 11) is 0. The summed E-state index contributed by atoms with van der Waals surface area (Å²) in [6, 6.07) is 1.84. The number of aromatic nitrogens is 2. The highest BCUT2D eigenvalue weighted by atomic mass is 16.6. The molecule has 5 nitrogen and oxygen atoms in total. The van der Waals surface area contributed by atoms with Gasteiger partial charge in [0, 0.05) is 12.7 Å². The van der Waals surface area contributed by atoms with Crippen molar-refractivity contribution in [3.63, 3.8) is 0 Å². The van der Waals surface area contributed by atoms with E-state index in [1.54, 1.807) is 11.1 Å². The molecule has 0 saturated carbocycles. The van der Waals surface area contributed by atoms with Gasteiger partial charge in [-0.2, -0.15) is 0 Å². The van der Waals surface area contributed by atoms with E-state index >= 15 is 0 Å². The maximum absolute atomic E-state index is 11.9. The van der Waals surface area contributed by atoms with Gasteiger partial charge in [0.15, 0.2) is 0 Å². The van der Waals surface area contributed by atoms with Gasteiger partial charge in [-0.1, -0.05) is 6.08 Å². The van der Waals surface area contributed by atoms with E-state index in [0.29, 0.717) is 13.1 Å². The summed E-state index contributed by atoms with van der Waals surface area (Å²) in [5.41, 5.74) is 1.42. The molecule has 1 aliphatic rings. The Balaban J connectivity index is 1.98. The Morgan fingerprint density at radius 3 is 2.83 bits per heavy atom. The molecule has 0 saturated heterocycles. The lowest BCUT2D eigenvalue weighted by Gasteiger charge is -2.24. The van der Waals surface area contributed by atoms with Crippen LogP contribution in [0.4, 0.5) is 4.79 Å². The summed E-state index contributed by atoms with van der Waals surface area (Å²) >= 11 is 0. The van der Waals surface area contributed by atoms with Crippen molar-refractivity contribution < 1.29 is 9.53 Å². The van der Waals surface area contributed by atoms with Crippen LogP contribution in [0, 0.1) is 0 Å². The average molecular weight is 247 g/mol. The van der Waals surface area contributed by atoms with Crippen molar-refractivity contribution in [3.05, 3.63) is 30.4 Å². The number of amides is 1. The molecular weight excluding hydrogens is 230 g/mol. The number of rotatable bonds is 1. The second-order valence-corrected chi connectivity index (χ2v) is 5.18. The zero-order chi connectivity index (χ0) is 13.2. The smallest absolute Gasteiger partial charge is 0.410 e. The van der Waals surface area contributed by atoms with E-state index in [-0.39, 0.29) is 6.09 Å². The number of hydrogen-bond acceptors (Lipinski definition) is 4. The summed E-state index contributed by atoms with van der Waals surface area (Å²) in [5, 5.41) is 0. The van der Waals surface area contributed by atoms with Crippen molar-refractivity contribution in [1.82, 2.24) is 14.9 Å². The lowest BCUT2D eigenvalue weighted by molar-refractivity contribution is 0.0306. The fraction of sp³-hybridized carbons (Fsp3) is 0.462. The molecule has 1 aromatic rings. The molecule has 1 aromatic heterocycles. The van der Waals surface area contributed by atoms with Crippen LogP contribution < -0.4 is 0 Å². The summed E-state index contributed by atoms with van der Waals surface area (Å²) in [5.74, 6) is 0. The van der Waals surface area contributed by atoms with E-state index in [4.69, 9.17) is 4.74 Å². The van der Waals surface area contributed by atoms with Gasteiger partial charge in [0.25, 0.3) is 0 Å². The lowest BCUT2D eigenvalue weighted by Crippen LogP contribution is -2.35. The predicted octanol–water partition coefficient (Wildman–Crippen LogP) is 2.11. The molecule has 2 rings (SSSR count). The highest BCUT2D eigenvalue weighted by Gasteiger charge is 2.25. The van der Waals surface area contributed by atoms with Gasteiger partial charge in [0.1, 0.15) is 11.9 Å². The van der Waals surface area contributed by atoms with Crippen LogP contribution in [-0.2, 0) is 4.74 Å². The molecule has 96 valence electrons. The average Bonchev–Trinajstić information content (AvgIpc) is 2.77. The van der Waals surface area contributed by atoms with Crippen molar-refractivity contribution in [2.75, 3.05) is 13.1 Å². The Labute approximate surface area is 106 Å². The van der Waals surface area contributed by atoms with Gasteiger partial charge in [0.2, 0.25) is 0 Å². The summed E-state index contributed by atoms with van der Waals surface area (Å²) in [4.78, 5) is 21.6. The maximum atomic E-state index is 11.9. The standard InChI is InChI=1S/C13H17N3O2/c1-13(2,3)18-12(17)16-7-5-10(8-16)11-4-6-14-9-15-11/h4-6,9H,7-8H2,1-3H3. The SMILES string of the molecule is CC(C)(C)OC(=O)N1CC=C(c2ccncn2)C1.